The molecule has 0 bridgehead atoms. The lowest BCUT2D eigenvalue weighted by Gasteiger charge is -2.10. The zero-order chi connectivity index (χ0) is 21.3. The van der Waals surface area contributed by atoms with Gasteiger partial charge in [-0.3, -0.25) is 9.36 Å². The molecule has 2 aromatic heterocycles. The first-order valence-corrected chi connectivity index (χ1v) is 10.4. The number of fused-ring (bicyclic) bond motifs is 2. The minimum atomic E-state index is -0.208. The highest BCUT2D eigenvalue weighted by Crippen LogP contribution is 2.31. The Morgan fingerprint density at radius 1 is 1.03 bits per heavy atom. The van der Waals surface area contributed by atoms with Gasteiger partial charge in [0.15, 0.2) is 5.65 Å². The van der Waals surface area contributed by atoms with Crippen molar-refractivity contribution in [1.29, 1.82) is 0 Å². The van der Waals surface area contributed by atoms with Crippen molar-refractivity contribution in [1.82, 2.24) is 19.9 Å². The summed E-state index contributed by atoms with van der Waals surface area (Å²) < 4.78 is 1.84. The predicted octanol–water partition coefficient (Wildman–Crippen LogP) is 4.69. The molecule has 2 aromatic carbocycles. The third-order valence-electron chi connectivity index (χ3n) is 5.54. The molecule has 0 aliphatic carbocycles. The van der Waals surface area contributed by atoms with Gasteiger partial charge in [0.1, 0.15) is 16.9 Å². The summed E-state index contributed by atoms with van der Waals surface area (Å²) in [4.78, 5) is 22.7. The molecule has 154 valence electrons. The number of amides is 1. The van der Waals surface area contributed by atoms with Gasteiger partial charge in [-0.2, -0.15) is 0 Å². The molecule has 2 heterocycles. The maximum absolute atomic E-state index is 13.1. The molecule has 0 saturated heterocycles. The van der Waals surface area contributed by atoms with E-state index in [0.717, 1.165) is 41.5 Å². The van der Waals surface area contributed by atoms with Crippen LogP contribution in [0.15, 0.2) is 42.5 Å². The second-order valence-electron chi connectivity index (χ2n) is 7.71. The van der Waals surface area contributed by atoms with Crippen LogP contribution in [0.1, 0.15) is 47.7 Å². The summed E-state index contributed by atoms with van der Waals surface area (Å²) in [6.45, 7) is 6.88. The van der Waals surface area contributed by atoms with E-state index in [2.05, 4.69) is 38.2 Å². The van der Waals surface area contributed by atoms with Gasteiger partial charge in [0.05, 0.1) is 11.0 Å². The second-order valence-corrected chi connectivity index (χ2v) is 7.71. The Morgan fingerprint density at radius 3 is 2.47 bits per heavy atom. The number of aryl methyl sites for hydroxylation is 2. The third-order valence-corrected chi connectivity index (χ3v) is 5.54. The van der Waals surface area contributed by atoms with Crippen LogP contribution < -0.4 is 11.1 Å². The molecule has 4 aromatic rings. The Hall–Kier alpha value is -3.41. The molecule has 0 radical (unpaired) electrons. The number of nitrogens with two attached hydrogens (primary N) is 1. The third kappa shape index (κ3) is 3.49. The van der Waals surface area contributed by atoms with Gasteiger partial charge in [-0.25, -0.2) is 9.97 Å². The molecule has 0 atom stereocenters. The highest BCUT2D eigenvalue weighted by Gasteiger charge is 2.24. The summed E-state index contributed by atoms with van der Waals surface area (Å²) in [6, 6.07) is 13.8. The fourth-order valence-electron chi connectivity index (χ4n) is 3.68. The van der Waals surface area contributed by atoms with E-state index in [9.17, 15) is 4.79 Å². The first-order chi connectivity index (χ1) is 14.5. The Bertz CT molecular complexity index is 1240. The van der Waals surface area contributed by atoms with Gasteiger partial charge in [0, 0.05) is 12.2 Å². The van der Waals surface area contributed by atoms with Crippen molar-refractivity contribution in [3.63, 3.8) is 0 Å². The lowest BCUT2D eigenvalue weighted by Crippen LogP contribution is -2.25. The lowest BCUT2D eigenvalue weighted by molar-refractivity contribution is 0.0955. The van der Waals surface area contributed by atoms with Crippen LogP contribution in [0, 0.1) is 13.8 Å². The SMILES string of the molecule is CCCCCNC(=O)c1c(N)n(-c2ccc(C)c(C)c2)c2nc3ccccc3nc12. The van der Waals surface area contributed by atoms with Crippen LogP contribution >= 0.6 is 0 Å². The molecule has 3 N–H and O–H groups in total. The summed E-state index contributed by atoms with van der Waals surface area (Å²) in [5, 5.41) is 3.00. The Morgan fingerprint density at radius 2 is 1.77 bits per heavy atom. The molecule has 0 aliphatic heterocycles. The number of carbonyl (C=O) groups excluding carboxylic acids is 1. The van der Waals surface area contributed by atoms with E-state index < -0.39 is 0 Å². The van der Waals surface area contributed by atoms with Crippen LogP contribution in [-0.4, -0.2) is 27.0 Å². The van der Waals surface area contributed by atoms with E-state index in [-0.39, 0.29) is 5.91 Å². The van der Waals surface area contributed by atoms with Crippen molar-refractivity contribution in [3.05, 3.63) is 59.2 Å². The average molecular weight is 402 g/mol. The maximum Gasteiger partial charge on any atom is 0.257 e. The molecule has 1 amide bonds. The fraction of sp³-hybridized carbons (Fsp3) is 0.292. The first-order valence-electron chi connectivity index (χ1n) is 10.4. The molecule has 6 nitrogen and oxygen atoms in total. The van der Waals surface area contributed by atoms with Gasteiger partial charge >= 0.3 is 0 Å². The molecule has 30 heavy (non-hydrogen) atoms. The summed E-state index contributed by atoms with van der Waals surface area (Å²) in [7, 11) is 0. The van der Waals surface area contributed by atoms with Gasteiger partial charge in [0.25, 0.3) is 5.91 Å². The number of unbranched alkanes of at least 4 members (excludes halogenated alkanes) is 2. The quantitative estimate of drug-likeness (QED) is 0.459. The molecule has 0 saturated carbocycles. The van der Waals surface area contributed by atoms with Crippen LogP contribution in [0.5, 0.6) is 0 Å². The van der Waals surface area contributed by atoms with Crippen LogP contribution in [0.2, 0.25) is 0 Å². The number of hydrogen-bond donors (Lipinski definition) is 2. The zero-order valence-corrected chi connectivity index (χ0v) is 17.7. The van der Waals surface area contributed by atoms with E-state index in [1.807, 2.05) is 34.9 Å². The molecule has 4 rings (SSSR count). The van der Waals surface area contributed by atoms with Crippen LogP contribution in [0.4, 0.5) is 5.82 Å². The molecule has 0 spiro atoms. The van der Waals surface area contributed by atoms with E-state index in [1.54, 1.807) is 0 Å². The number of nitrogens with one attached hydrogen (secondary N) is 1. The Kier molecular flexibility index (Phi) is 5.40. The number of rotatable bonds is 6. The number of para-hydroxylation sites is 2. The zero-order valence-electron chi connectivity index (χ0n) is 17.7. The van der Waals surface area contributed by atoms with Crippen LogP contribution in [0.25, 0.3) is 27.9 Å². The molecule has 0 fully saturated rings. The fourth-order valence-corrected chi connectivity index (χ4v) is 3.68. The number of nitrogens with zero attached hydrogens (tertiary/aromatic N) is 3. The Balaban J connectivity index is 1.92. The van der Waals surface area contributed by atoms with E-state index in [1.165, 1.54) is 5.56 Å². The summed E-state index contributed by atoms with van der Waals surface area (Å²) in [5.41, 5.74) is 12.8. The number of aromatic nitrogens is 3. The number of hydrogen-bond acceptors (Lipinski definition) is 4. The summed E-state index contributed by atoms with van der Waals surface area (Å²) in [6.07, 6.45) is 3.11. The standard InChI is InChI=1S/C24H27N5O/c1-4-5-8-13-26-24(30)20-21-23(28-19-10-7-6-9-18(19)27-21)29(22(20)25)17-12-11-15(2)16(3)14-17/h6-7,9-12,14H,4-5,8,13,25H2,1-3H3,(H,26,30). The number of nitrogen functional groups attached to an aromatic ring is 1. The molecule has 6 heteroatoms. The largest absolute Gasteiger partial charge is 0.384 e. The highest BCUT2D eigenvalue weighted by atomic mass is 16.1. The topological polar surface area (TPSA) is 85.8 Å². The van der Waals surface area contributed by atoms with Crippen molar-refractivity contribution in [2.75, 3.05) is 12.3 Å². The summed E-state index contributed by atoms with van der Waals surface area (Å²) >= 11 is 0. The van der Waals surface area contributed by atoms with Gasteiger partial charge in [-0.15, -0.1) is 0 Å². The minimum absolute atomic E-state index is 0.208. The first kappa shape index (κ1) is 19.9. The van der Waals surface area contributed by atoms with Gasteiger partial charge in [-0.05, 0) is 55.7 Å². The highest BCUT2D eigenvalue weighted by molar-refractivity contribution is 6.11. The van der Waals surface area contributed by atoms with Gasteiger partial charge < -0.3 is 11.1 Å². The predicted molar refractivity (Wildman–Crippen MR) is 122 cm³/mol. The monoisotopic (exact) mass is 401 g/mol. The molecular weight excluding hydrogens is 374 g/mol. The van der Waals surface area contributed by atoms with E-state index >= 15 is 0 Å². The van der Waals surface area contributed by atoms with E-state index in [0.29, 0.717) is 29.1 Å². The molecule has 0 aliphatic rings. The van der Waals surface area contributed by atoms with Crippen molar-refractivity contribution in [3.8, 4) is 5.69 Å². The van der Waals surface area contributed by atoms with Crippen molar-refractivity contribution in [2.45, 2.75) is 40.0 Å². The smallest absolute Gasteiger partial charge is 0.257 e. The normalized spacial score (nSPS) is 11.3. The van der Waals surface area contributed by atoms with Crippen LogP contribution in [0.3, 0.4) is 0 Å². The number of anilines is 1. The molecular formula is C24H27N5O. The molecule has 0 unspecified atom stereocenters. The van der Waals surface area contributed by atoms with Crippen molar-refractivity contribution in [2.24, 2.45) is 0 Å². The maximum atomic E-state index is 13.1. The van der Waals surface area contributed by atoms with E-state index in [4.69, 9.17) is 15.7 Å². The van der Waals surface area contributed by atoms with Crippen molar-refractivity contribution < 1.29 is 4.79 Å². The Labute approximate surface area is 176 Å². The number of benzene rings is 2. The lowest BCUT2D eigenvalue weighted by atomic mass is 10.1. The second kappa shape index (κ2) is 8.14. The number of carbonyl (C=O) groups is 1. The van der Waals surface area contributed by atoms with Crippen LogP contribution in [-0.2, 0) is 0 Å². The van der Waals surface area contributed by atoms with Gasteiger partial charge in [-0.1, -0.05) is 38.0 Å². The van der Waals surface area contributed by atoms with Crippen molar-refractivity contribution >= 4 is 33.9 Å². The summed E-state index contributed by atoms with van der Waals surface area (Å²) in [5.74, 6) is 0.150. The minimum Gasteiger partial charge on any atom is -0.384 e. The average Bonchev–Trinajstić information content (AvgIpc) is 3.02. The van der Waals surface area contributed by atoms with Gasteiger partial charge in [0.2, 0.25) is 0 Å².